The second kappa shape index (κ2) is 11.1. The van der Waals surface area contributed by atoms with E-state index in [1.165, 1.54) is 11.8 Å². The number of hydrogen-bond donors (Lipinski definition) is 1. The van der Waals surface area contributed by atoms with E-state index in [0.717, 1.165) is 5.56 Å². The van der Waals surface area contributed by atoms with Crippen molar-refractivity contribution < 1.29 is 14.3 Å². The zero-order chi connectivity index (χ0) is 24.0. The molecule has 0 aliphatic rings. The Balaban J connectivity index is 1.74. The van der Waals surface area contributed by atoms with E-state index < -0.39 is 0 Å². The predicted molar refractivity (Wildman–Crippen MR) is 130 cm³/mol. The van der Waals surface area contributed by atoms with E-state index in [2.05, 4.69) is 15.5 Å². The average molecular weight is 467 g/mol. The smallest absolute Gasteiger partial charge is 0.251 e. The number of carbonyl (C=O) groups excluding carboxylic acids is 2. The van der Waals surface area contributed by atoms with Crippen molar-refractivity contribution in [2.45, 2.75) is 45.4 Å². The van der Waals surface area contributed by atoms with Crippen molar-refractivity contribution in [3.05, 3.63) is 71.0 Å². The van der Waals surface area contributed by atoms with Crippen molar-refractivity contribution >= 4 is 23.5 Å². The standard InChI is InChI=1S/C25H30N4O3S/c1-6-29-23(22(16(2)3)26-24(31)19-9-7-17(4)8-10-19)27-28-25(29)33-15-21(30)18-11-13-20(32-5)14-12-18/h7-14,16,22H,6,15H2,1-5H3,(H,26,31)/t22-/m0/s1. The topological polar surface area (TPSA) is 86.1 Å². The number of hydrogen-bond acceptors (Lipinski definition) is 6. The van der Waals surface area contributed by atoms with Gasteiger partial charge in [0.1, 0.15) is 5.75 Å². The number of Topliss-reactive ketones (excluding diaryl/α,β-unsaturated/α-hetero) is 1. The summed E-state index contributed by atoms with van der Waals surface area (Å²) in [5.41, 5.74) is 2.33. The molecule has 1 heterocycles. The molecule has 1 atom stereocenters. The normalized spacial score (nSPS) is 11.9. The van der Waals surface area contributed by atoms with Gasteiger partial charge in [-0.2, -0.15) is 0 Å². The van der Waals surface area contributed by atoms with Crippen molar-refractivity contribution in [2.75, 3.05) is 12.9 Å². The molecule has 1 N–H and O–H groups in total. The van der Waals surface area contributed by atoms with E-state index in [-0.39, 0.29) is 29.4 Å². The number of ether oxygens (including phenoxy) is 1. The highest BCUT2D eigenvalue weighted by molar-refractivity contribution is 7.99. The molecule has 3 aromatic rings. The molecular formula is C25H30N4O3S. The number of aromatic nitrogens is 3. The van der Waals surface area contributed by atoms with Gasteiger partial charge in [-0.25, -0.2) is 0 Å². The van der Waals surface area contributed by atoms with Crippen LogP contribution in [0, 0.1) is 12.8 Å². The molecule has 0 spiro atoms. The number of thioether (sulfide) groups is 1. The van der Waals surface area contributed by atoms with Gasteiger partial charge in [0.05, 0.1) is 18.9 Å². The third kappa shape index (κ3) is 6.01. The fourth-order valence-corrected chi connectivity index (χ4v) is 4.29. The monoisotopic (exact) mass is 466 g/mol. The van der Waals surface area contributed by atoms with Crippen LogP contribution in [0.4, 0.5) is 0 Å². The first-order valence-electron chi connectivity index (χ1n) is 10.9. The maximum Gasteiger partial charge on any atom is 0.251 e. The molecule has 0 unspecified atom stereocenters. The molecule has 7 nitrogen and oxygen atoms in total. The number of aryl methyl sites for hydroxylation is 1. The van der Waals surface area contributed by atoms with Gasteiger partial charge in [-0.05, 0) is 56.2 Å². The number of benzene rings is 2. The minimum Gasteiger partial charge on any atom is -0.497 e. The van der Waals surface area contributed by atoms with Crippen LogP contribution < -0.4 is 10.1 Å². The van der Waals surface area contributed by atoms with Gasteiger partial charge in [-0.1, -0.05) is 43.3 Å². The van der Waals surface area contributed by atoms with Crippen LogP contribution in [-0.2, 0) is 6.54 Å². The first kappa shape index (κ1) is 24.5. The Bertz CT molecular complexity index is 1090. The minimum atomic E-state index is -0.308. The summed E-state index contributed by atoms with van der Waals surface area (Å²) in [4.78, 5) is 25.5. The van der Waals surface area contributed by atoms with E-state index in [9.17, 15) is 9.59 Å². The number of amides is 1. The highest BCUT2D eigenvalue weighted by Gasteiger charge is 2.26. The molecule has 0 radical (unpaired) electrons. The zero-order valence-electron chi connectivity index (χ0n) is 19.7. The summed E-state index contributed by atoms with van der Waals surface area (Å²) in [6.45, 7) is 8.69. The van der Waals surface area contributed by atoms with Gasteiger partial charge in [0.2, 0.25) is 0 Å². The number of ketones is 1. The van der Waals surface area contributed by atoms with Crippen molar-refractivity contribution in [3.63, 3.8) is 0 Å². The molecule has 33 heavy (non-hydrogen) atoms. The SMILES string of the molecule is CCn1c(SCC(=O)c2ccc(OC)cc2)nnc1[C@@H](NC(=O)c1ccc(C)cc1)C(C)C. The third-order valence-electron chi connectivity index (χ3n) is 5.35. The van der Waals surface area contributed by atoms with E-state index in [1.807, 2.05) is 56.5 Å². The van der Waals surface area contributed by atoms with Crippen LogP contribution in [0.15, 0.2) is 53.7 Å². The zero-order valence-corrected chi connectivity index (χ0v) is 20.5. The lowest BCUT2D eigenvalue weighted by Gasteiger charge is -2.22. The van der Waals surface area contributed by atoms with E-state index in [0.29, 0.717) is 34.4 Å². The molecule has 1 aromatic heterocycles. The molecule has 1 amide bonds. The summed E-state index contributed by atoms with van der Waals surface area (Å²) in [6.07, 6.45) is 0. The highest BCUT2D eigenvalue weighted by atomic mass is 32.2. The van der Waals surface area contributed by atoms with Crippen LogP contribution in [0.1, 0.15) is 58.9 Å². The summed E-state index contributed by atoms with van der Waals surface area (Å²) >= 11 is 1.35. The van der Waals surface area contributed by atoms with Gasteiger partial charge in [0.15, 0.2) is 16.8 Å². The van der Waals surface area contributed by atoms with Gasteiger partial charge < -0.3 is 14.6 Å². The molecule has 0 fully saturated rings. The predicted octanol–water partition coefficient (Wildman–Crippen LogP) is 4.72. The summed E-state index contributed by atoms with van der Waals surface area (Å²) in [6, 6.07) is 14.2. The maximum atomic E-state index is 12.8. The van der Waals surface area contributed by atoms with Gasteiger partial charge >= 0.3 is 0 Å². The van der Waals surface area contributed by atoms with Crippen molar-refractivity contribution in [3.8, 4) is 5.75 Å². The number of carbonyl (C=O) groups is 2. The van der Waals surface area contributed by atoms with E-state index in [4.69, 9.17) is 4.74 Å². The molecule has 0 saturated heterocycles. The second-order valence-electron chi connectivity index (χ2n) is 8.09. The van der Waals surface area contributed by atoms with Gasteiger partial charge in [-0.15, -0.1) is 10.2 Å². The molecule has 0 saturated carbocycles. The number of nitrogens with one attached hydrogen (secondary N) is 1. The fourth-order valence-electron chi connectivity index (χ4n) is 3.38. The molecular weight excluding hydrogens is 436 g/mol. The van der Waals surface area contributed by atoms with Crippen molar-refractivity contribution in [1.82, 2.24) is 20.1 Å². The quantitative estimate of drug-likeness (QED) is 0.344. The largest absolute Gasteiger partial charge is 0.497 e. The Morgan fingerprint density at radius 3 is 2.24 bits per heavy atom. The van der Waals surface area contributed by atoms with E-state index in [1.54, 1.807) is 31.4 Å². The number of methoxy groups -OCH3 is 1. The third-order valence-corrected chi connectivity index (χ3v) is 6.32. The highest BCUT2D eigenvalue weighted by Crippen LogP contribution is 2.26. The summed E-state index contributed by atoms with van der Waals surface area (Å²) < 4.78 is 7.11. The fraction of sp³-hybridized carbons (Fsp3) is 0.360. The van der Waals surface area contributed by atoms with Crippen LogP contribution in [0.5, 0.6) is 5.75 Å². The van der Waals surface area contributed by atoms with Crippen LogP contribution >= 0.6 is 11.8 Å². The maximum absolute atomic E-state index is 12.8. The Morgan fingerprint density at radius 1 is 1.03 bits per heavy atom. The average Bonchev–Trinajstić information content (AvgIpc) is 3.23. The van der Waals surface area contributed by atoms with Crippen molar-refractivity contribution in [1.29, 1.82) is 0 Å². The first-order chi connectivity index (χ1) is 15.8. The van der Waals surface area contributed by atoms with Gasteiger partial charge in [0.25, 0.3) is 5.91 Å². The Morgan fingerprint density at radius 2 is 1.67 bits per heavy atom. The number of rotatable bonds is 10. The Hall–Kier alpha value is -3.13. The first-order valence-corrected chi connectivity index (χ1v) is 11.9. The number of nitrogens with zero attached hydrogens (tertiary/aromatic N) is 3. The van der Waals surface area contributed by atoms with Crippen LogP contribution in [-0.4, -0.2) is 39.3 Å². The lowest BCUT2D eigenvalue weighted by atomic mass is 10.0. The lowest BCUT2D eigenvalue weighted by molar-refractivity contribution is 0.0921. The second-order valence-corrected chi connectivity index (χ2v) is 9.03. The van der Waals surface area contributed by atoms with E-state index >= 15 is 0 Å². The van der Waals surface area contributed by atoms with Crippen LogP contribution in [0.25, 0.3) is 0 Å². The minimum absolute atomic E-state index is 0.00272. The Labute approximate surface area is 198 Å². The Kier molecular flexibility index (Phi) is 8.27. The molecule has 0 aliphatic carbocycles. The molecule has 8 heteroatoms. The van der Waals surface area contributed by atoms with Crippen molar-refractivity contribution in [2.24, 2.45) is 5.92 Å². The summed E-state index contributed by atoms with van der Waals surface area (Å²) in [5.74, 6) is 1.60. The molecule has 174 valence electrons. The van der Waals surface area contributed by atoms with Crippen LogP contribution in [0.2, 0.25) is 0 Å². The molecule has 2 aromatic carbocycles. The van der Waals surface area contributed by atoms with Gasteiger partial charge in [-0.3, -0.25) is 9.59 Å². The lowest BCUT2D eigenvalue weighted by Crippen LogP contribution is -2.33. The molecule has 0 aliphatic heterocycles. The van der Waals surface area contributed by atoms with Gasteiger partial charge in [0, 0.05) is 17.7 Å². The molecule has 3 rings (SSSR count). The molecule has 0 bridgehead atoms. The van der Waals surface area contributed by atoms with Crippen LogP contribution in [0.3, 0.4) is 0 Å². The summed E-state index contributed by atoms with van der Waals surface area (Å²) in [7, 11) is 1.59. The summed E-state index contributed by atoms with van der Waals surface area (Å²) in [5, 5.41) is 12.5.